The van der Waals surface area contributed by atoms with Gasteiger partial charge in [0.25, 0.3) is 0 Å². The first-order valence-corrected chi connectivity index (χ1v) is 4.85. The van der Waals surface area contributed by atoms with Gasteiger partial charge in [0.1, 0.15) is 5.75 Å². The van der Waals surface area contributed by atoms with E-state index in [-0.39, 0.29) is 11.5 Å². The Morgan fingerprint density at radius 2 is 2.06 bits per heavy atom. The van der Waals surface area contributed by atoms with Crippen LogP contribution in [0.1, 0.15) is 6.42 Å². The van der Waals surface area contributed by atoms with Crippen LogP contribution in [0.5, 0.6) is 11.5 Å². The van der Waals surface area contributed by atoms with Gasteiger partial charge in [-0.1, -0.05) is 0 Å². The third-order valence-electron chi connectivity index (χ3n) is 2.01. The Morgan fingerprint density at radius 1 is 1.39 bits per heavy atom. The number of ether oxygens (including phenoxy) is 2. The predicted octanol–water partition coefficient (Wildman–Crippen LogP) is 2.93. The summed E-state index contributed by atoms with van der Waals surface area (Å²) in [6, 6.07) is 3.66. The van der Waals surface area contributed by atoms with Crippen molar-refractivity contribution in [2.75, 3.05) is 13.7 Å². The molecule has 0 aromatic heterocycles. The Kier molecular flexibility index (Phi) is 4.35. The average Bonchev–Trinajstić information content (AvgIpc) is 2.27. The van der Waals surface area contributed by atoms with Crippen LogP contribution in [0.3, 0.4) is 0 Å². The standard InChI is InChI=1S/C10H10F3NO4/c1-17-7-2-3-9(8(6-7)14(15)16)18-5-4-10(11,12)13/h2-3,6H,4-5H2,1H3. The number of benzene rings is 1. The quantitative estimate of drug-likeness (QED) is 0.606. The highest BCUT2D eigenvalue weighted by atomic mass is 19.4. The van der Waals surface area contributed by atoms with Gasteiger partial charge in [0.15, 0.2) is 5.75 Å². The minimum Gasteiger partial charge on any atom is -0.496 e. The zero-order chi connectivity index (χ0) is 13.8. The number of hydrogen-bond donors (Lipinski definition) is 0. The Hall–Kier alpha value is -1.99. The molecular weight excluding hydrogens is 255 g/mol. The summed E-state index contributed by atoms with van der Waals surface area (Å²) < 4.78 is 45.2. The smallest absolute Gasteiger partial charge is 0.392 e. The molecule has 1 aromatic rings. The molecule has 0 heterocycles. The number of nitrogens with zero attached hydrogens (tertiary/aromatic N) is 1. The van der Waals surface area contributed by atoms with E-state index in [1.54, 1.807) is 0 Å². The number of halogens is 3. The molecule has 5 nitrogen and oxygen atoms in total. The van der Waals surface area contributed by atoms with Gasteiger partial charge in [0.05, 0.1) is 31.1 Å². The van der Waals surface area contributed by atoms with Crippen LogP contribution in [0.4, 0.5) is 18.9 Å². The van der Waals surface area contributed by atoms with Crippen molar-refractivity contribution in [3.05, 3.63) is 28.3 Å². The molecule has 1 rings (SSSR count). The SMILES string of the molecule is COc1ccc(OCCC(F)(F)F)c([N+](=O)[O-])c1. The van der Waals surface area contributed by atoms with Crippen LogP contribution in [-0.4, -0.2) is 24.8 Å². The minimum atomic E-state index is -4.36. The summed E-state index contributed by atoms with van der Waals surface area (Å²) >= 11 is 0. The summed E-state index contributed by atoms with van der Waals surface area (Å²) in [7, 11) is 1.32. The van der Waals surface area contributed by atoms with E-state index in [4.69, 9.17) is 9.47 Å². The molecule has 0 fully saturated rings. The Morgan fingerprint density at radius 3 is 2.56 bits per heavy atom. The highest BCUT2D eigenvalue weighted by molar-refractivity contribution is 5.50. The van der Waals surface area contributed by atoms with Crippen molar-refractivity contribution in [2.24, 2.45) is 0 Å². The lowest BCUT2D eigenvalue weighted by molar-refractivity contribution is -0.386. The number of alkyl halides is 3. The van der Waals surface area contributed by atoms with Gasteiger partial charge in [0.2, 0.25) is 0 Å². The van der Waals surface area contributed by atoms with Gasteiger partial charge in [-0.05, 0) is 12.1 Å². The van der Waals surface area contributed by atoms with Crippen LogP contribution >= 0.6 is 0 Å². The molecule has 100 valence electrons. The topological polar surface area (TPSA) is 61.6 Å². The van der Waals surface area contributed by atoms with E-state index in [0.717, 1.165) is 6.07 Å². The fraction of sp³-hybridized carbons (Fsp3) is 0.400. The normalized spacial score (nSPS) is 11.1. The fourth-order valence-electron chi connectivity index (χ4n) is 1.17. The molecule has 0 saturated heterocycles. The first-order chi connectivity index (χ1) is 8.33. The van der Waals surface area contributed by atoms with E-state index < -0.39 is 29.8 Å². The molecule has 0 N–H and O–H groups in total. The largest absolute Gasteiger partial charge is 0.496 e. The Labute approximate surface area is 100 Å². The second-order valence-electron chi connectivity index (χ2n) is 3.30. The molecule has 18 heavy (non-hydrogen) atoms. The zero-order valence-corrected chi connectivity index (χ0v) is 9.36. The second kappa shape index (κ2) is 5.56. The molecule has 0 aliphatic carbocycles. The second-order valence-corrected chi connectivity index (χ2v) is 3.30. The molecule has 0 spiro atoms. The maximum Gasteiger partial charge on any atom is 0.392 e. The molecule has 0 radical (unpaired) electrons. The lowest BCUT2D eigenvalue weighted by Crippen LogP contribution is -2.13. The van der Waals surface area contributed by atoms with Crippen molar-refractivity contribution in [1.29, 1.82) is 0 Å². The summed E-state index contributed by atoms with van der Waals surface area (Å²) in [5, 5.41) is 10.7. The number of methoxy groups -OCH3 is 1. The van der Waals surface area contributed by atoms with Crippen LogP contribution in [-0.2, 0) is 0 Å². The molecule has 0 aliphatic rings. The molecule has 0 bridgehead atoms. The van der Waals surface area contributed by atoms with Crippen molar-refractivity contribution in [2.45, 2.75) is 12.6 Å². The highest BCUT2D eigenvalue weighted by Gasteiger charge is 2.27. The summed E-state index contributed by atoms with van der Waals surface area (Å²) in [6.45, 7) is -0.670. The lowest BCUT2D eigenvalue weighted by Gasteiger charge is -2.09. The van der Waals surface area contributed by atoms with Gasteiger partial charge in [-0.15, -0.1) is 0 Å². The van der Waals surface area contributed by atoms with Crippen molar-refractivity contribution in [3.63, 3.8) is 0 Å². The van der Waals surface area contributed by atoms with E-state index >= 15 is 0 Å². The predicted molar refractivity (Wildman–Crippen MR) is 55.8 cm³/mol. The first-order valence-electron chi connectivity index (χ1n) is 4.85. The van der Waals surface area contributed by atoms with Crippen LogP contribution < -0.4 is 9.47 Å². The summed E-state index contributed by atoms with van der Waals surface area (Å²) in [6.07, 6.45) is -5.53. The van der Waals surface area contributed by atoms with Crippen molar-refractivity contribution < 1.29 is 27.6 Å². The van der Waals surface area contributed by atoms with Gasteiger partial charge >= 0.3 is 11.9 Å². The van der Waals surface area contributed by atoms with E-state index in [9.17, 15) is 23.3 Å². The molecule has 0 atom stereocenters. The number of nitro groups is 1. The molecular formula is C10H10F3NO4. The van der Waals surface area contributed by atoms with E-state index in [1.807, 2.05) is 0 Å². The maximum absolute atomic E-state index is 11.9. The van der Waals surface area contributed by atoms with Gasteiger partial charge in [-0.3, -0.25) is 10.1 Å². The number of hydrogen-bond acceptors (Lipinski definition) is 4. The molecule has 0 unspecified atom stereocenters. The monoisotopic (exact) mass is 265 g/mol. The zero-order valence-electron chi connectivity index (χ0n) is 9.36. The van der Waals surface area contributed by atoms with E-state index in [1.165, 1.54) is 19.2 Å². The van der Waals surface area contributed by atoms with Crippen LogP contribution in [0, 0.1) is 10.1 Å². The van der Waals surface area contributed by atoms with Crippen molar-refractivity contribution >= 4 is 5.69 Å². The lowest BCUT2D eigenvalue weighted by atomic mass is 10.3. The van der Waals surface area contributed by atoms with E-state index in [0.29, 0.717) is 0 Å². The number of nitro benzene ring substituents is 1. The van der Waals surface area contributed by atoms with Crippen molar-refractivity contribution in [1.82, 2.24) is 0 Å². The maximum atomic E-state index is 11.9. The highest BCUT2D eigenvalue weighted by Crippen LogP contribution is 2.31. The van der Waals surface area contributed by atoms with Gasteiger partial charge < -0.3 is 9.47 Å². The van der Waals surface area contributed by atoms with Gasteiger partial charge in [-0.2, -0.15) is 13.2 Å². The van der Waals surface area contributed by atoms with Crippen molar-refractivity contribution in [3.8, 4) is 11.5 Å². The molecule has 0 aliphatic heterocycles. The third kappa shape index (κ3) is 4.11. The average molecular weight is 265 g/mol. The minimum absolute atomic E-state index is 0.218. The fourth-order valence-corrected chi connectivity index (χ4v) is 1.17. The Bertz CT molecular complexity index is 434. The van der Waals surface area contributed by atoms with Crippen LogP contribution in [0.2, 0.25) is 0 Å². The summed E-state index contributed by atoms with van der Waals surface area (Å²) in [5.74, 6) is 0.00919. The molecule has 0 amide bonds. The van der Waals surface area contributed by atoms with E-state index in [2.05, 4.69) is 0 Å². The molecule has 1 aromatic carbocycles. The van der Waals surface area contributed by atoms with Gasteiger partial charge in [-0.25, -0.2) is 0 Å². The molecule has 0 saturated carbocycles. The summed E-state index contributed by atoms with van der Waals surface area (Å²) in [5.41, 5.74) is -0.434. The molecule has 8 heteroatoms. The van der Waals surface area contributed by atoms with Gasteiger partial charge in [0, 0.05) is 0 Å². The summed E-state index contributed by atoms with van der Waals surface area (Å²) in [4.78, 5) is 9.95. The Balaban J connectivity index is 2.79. The van der Waals surface area contributed by atoms with Crippen LogP contribution in [0.25, 0.3) is 0 Å². The third-order valence-corrected chi connectivity index (χ3v) is 2.01. The van der Waals surface area contributed by atoms with Crippen LogP contribution in [0.15, 0.2) is 18.2 Å². The number of rotatable bonds is 5. The first kappa shape index (κ1) is 14.1.